The van der Waals surface area contributed by atoms with Crippen LogP contribution in [-0.2, 0) is 9.59 Å². The molecule has 0 heterocycles. The fourth-order valence-electron chi connectivity index (χ4n) is 4.44. The predicted octanol–water partition coefficient (Wildman–Crippen LogP) is 1.09. The number of carbonyl (C=O) groups excluding carboxylic acids is 4. The molecule has 10 N–H and O–H groups in total. The van der Waals surface area contributed by atoms with Gasteiger partial charge in [0.05, 0.1) is 34.3 Å². The van der Waals surface area contributed by atoms with Crippen LogP contribution in [0.2, 0.25) is 0 Å². The van der Waals surface area contributed by atoms with Crippen molar-refractivity contribution in [3.63, 3.8) is 0 Å². The molecule has 2 aromatic carbocycles. The van der Waals surface area contributed by atoms with Crippen molar-refractivity contribution in [3.8, 4) is 11.5 Å². The normalized spacial score (nSPS) is 13.5. The molecule has 3 rings (SSSR count). The first kappa shape index (κ1) is 33.0. The summed E-state index contributed by atoms with van der Waals surface area (Å²) in [7, 11) is 0. The lowest BCUT2D eigenvalue weighted by atomic mass is 9.81. The molecule has 0 bridgehead atoms. The molecule has 42 heavy (non-hydrogen) atoms. The number of phenols is 2. The number of hydrogen-bond acceptors (Lipinski definition) is 12. The number of thioether (sulfide) groups is 2. The van der Waals surface area contributed by atoms with Crippen LogP contribution in [0.3, 0.4) is 0 Å². The molecule has 12 nitrogen and oxygen atoms in total. The van der Waals surface area contributed by atoms with Crippen LogP contribution < -0.4 is 32.7 Å². The molecule has 0 aromatic heterocycles. The molecule has 0 saturated heterocycles. The lowest BCUT2D eigenvalue weighted by molar-refractivity contribution is -0.123. The fraction of sp³-hybridized carbons (Fsp3) is 0.429. The summed E-state index contributed by atoms with van der Waals surface area (Å²) in [4.78, 5) is 51.8. The molecule has 1 aliphatic rings. The number of nitrogens with two attached hydrogens (primary N) is 2. The van der Waals surface area contributed by atoms with Gasteiger partial charge in [0, 0.05) is 37.6 Å². The number of benzene rings is 2. The van der Waals surface area contributed by atoms with E-state index >= 15 is 0 Å². The second-order valence-electron chi connectivity index (χ2n) is 9.63. The quantitative estimate of drug-likeness (QED) is 0.0838. The number of amides is 2. The van der Waals surface area contributed by atoms with Gasteiger partial charge in [-0.3, -0.25) is 19.2 Å². The van der Waals surface area contributed by atoms with Crippen molar-refractivity contribution in [1.82, 2.24) is 10.6 Å². The molecule has 2 aromatic rings. The molecule has 1 aliphatic carbocycles. The van der Waals surface area contributed by atoms with E-state index in [2.05, 4.69) is 21.3 Å². The highest BCUT2D eigenvalue weighted by Crippen LogP contribution is 2.42. The SMILES string of the molecule is CSCC[C@H](N)C(=O)NCCNc1ccc(NCCNC(=O)[C@@H](N)CCSC)c2c1C(=O)c1c(O)ccc(O)c1C2=O. The largest absolute Gasteiger partial charge is 0.507 e. The molecule has 0 unspecified atom stereocenters. The van der Waals surface area contributed by atoms with E-state index in [0.29, 0.717) is 24.2 Å². The third kappa shape index (κ3) is 7.88. The summed E-state index contributed by atoms with van der Waals surface area (Å²) in [5, 5.41) is 32.5. The van der Waals surface area contributed by atoms with Crippen molar-refractivity contribution < 1.29 is 29.4 Å². The number of rotatable bonds is 16. The van der Waals surface area contributed by atoms with E-state index in [4.69, 9.17) is 11.5 Å². The van der Waals surface area contributed by atoms with Crippen molar-refractivity contribution >= 4 is 58.3 Å². The third-order valence-corrected chi connectivity index (χ3v) is 7.98. The molecule has 0 radical (unpaired) electrons. The van der Waals surface area contributed by atoms with Crippen LogP contribution >= 0.6 is 23.5 Å². The number of carbonyl (C=O) groups is 4. The van der Waals surface area contributed by atoms with Crippen LogP contribution in [0.5, 0.6) is 11.5 Å². The van der Waals surface area contributed by atoms with Gasteiger partial charge in [-0.15, -0.1) is 0 Å². The fourth-order valence-corrected chi connectivity index (χ4v) is 5.42. The summed E-state index contributed by atoms with van der Waals surface area (Å²) in [5.41, 5.74) is 11.9. The molecule has 228 valence electrons. The van der Waals surface area contributed by atoms with E-state index in [0.717, 1.165) is 23.6 Å². The van der Waals surface area contributed by atoms with Gasteiger partial charge in [0.25, 0.3) is 0 Å². The highest BCUT2D eigenvalue weighted by Gasteiger charge is 2.38. The average molecular weight is 619 g/mol. The first-order valence-electron chi connectivity index (χ1n) is 13.5. The van der Waals surface area contributed by atoms with Gasteiger partial charge in [-0.2, -0.15) is 23.5 Å². The van der Waals surface area contributed by atoms with Crippen molar-refractivity contribution in [3.05, 3.63) is 46.5 Å². The molecular weight excluding hydrogens is 580 g/mol. The Morgan fingerprint density at radius 2 is 1.07 bits per heavy atom. The van der Waals surface area contributed by atoms with Crippen LogP contribution in [0, 0.1) is 0 Å². The Hall–Kier alpha value is -3.46. The summed E-state index contributed by atoms with van der Waals surface area (Å²) >= 11 is 3.20. The summed E-state index contributed by atoms with van der Waals surface area (Å²) in [6, 6.07) is 4.28. The van der Waals surface area contributed by atoms with E-state index in [1.54, 1.807) is 35.7 Å². The number of fused-ring (bicyclic) bond motifs is 2. The number of nitrogens with one attached hydrogen (secondary N) is 4. The van der Waals surface area contributed by atoms with Crippen molar-refractivity contribution in [1.29, 1.82) is 0 Å². The number of ketones is 2. The van der Waals surface area contributed by atoms with Crippen LogP contribution in [0.4, 0.5) is 11.4 Å². The molecule has 0 saturated carbocycles. The summed E-state index contributed by atoms with van der Waals surface area (Å²) in [6.45, 7) is 0.876. The maximum Gasteiger partial charge on any atom is 0.237 e. The van der Waals surface area contributed by atoms with Gasteiger partial charge in [0.15, 0.2) is 0 Å². The molecular formula is C28H38N6O6S2. The Morgan fingerprint density at radius 1 is 0.690 bits per heavy atom. The Balaban J connectivity index is 1.79. The highest BCUT2D eigenvalue weighted by molar-refractivity contribution is 7.98. The molecule has 2 amide bonds. The lowest BCUT2D eigenvalue weighted by Crippen LogP contribution is -2.42. The minimum absolute atomic E-state index is 0.0181. The second-order valence-corrected chi connectivity index (χ2v) is 11.6. The Labute approximate surface area is 253 Å². The lowest BCUT2D eigenvalue weighted by Gasteiger charge is -2.25. The van der Waals surface area contributed by atoms with E-state index in [1.807, 2.05) is 12.5 Å². The van der Waals surface area contributed by atoms with Crippen LogP contribution in [-0.4, -0.2) is 95.9 Å². The van der Waals surface area contributed by atoms with E-state index in [9.17, 15) is 29.4 Å². The zero-order valence-corrected chi connectivity index (χ0v) is 25.3. The van der Waals surface area contributed by atoms with Crippen LogP contribution in [0.25, 0.3) is 0 Å². The van der Waals surface area contributed by atoms with E-state index < -0.39 is 35.1 Å². The van der Waals surface area contributed by atoms with Gasteiger partial charge < -0.3 is 42.9 Å². The molecule has 2 atom stereocenters. The standard InChI is InChI=1S/C28H38N6O6S2/c1-41-13-7-15(29)27(39)33-11-9-31-17-3-4-18(32-10-12-34-28(40)16(30)8-14-42-2)22-21(17)25(37)23-19(35)5-6-20(36)24(23)26(22)38/h3-6,15-16,31-32,35-36H,7-14,29-30H2,1-2H3,(H,33,39)(H,34,40)/t15-,16-/m0/s1. The van der Waals surface area contributed by atoms with Crippen LogP contribution in [0.1, 0.15) is 44.7 Å². The first-order chi connectivity index (χ1) is 20.1. The number of phenolic OH excluding ortho intramolecular Hbond substituents is 2. The minimum Gasteiger partial charge on any atom is -0.507 e. The van der Waals surface area contributed by atoms with Gasteiger partial charge >= 0.3 is 0 Å². The number of anilines is 2. The predicted molar refractivity (Wildman–Crippen MR) is 168 cm³/mol. The second kappa shape index (κ2) is 15.7. The van der Waals surface area contributed by atoms with Crippen LogP contribution in [0.15, 0.2) is 24.3 Å². The maximum absolute atomic E-state index is 13.7. The maximum atomic E-state index is 13.7. The molecule has 0 spiro atoms. The van der Waals surface area contributed by atoms with Gasteiger partial charge in [-0.05, 0) is 61.1 Å². The van der Waals surface area contributed by atoms with Gasteiger partial charge in [-0.25, -0.2) is 0 Å². The van der Waals surface area contributed by atoms with Gasteiger partial charge in [-0.1, -0.05) is 0 Å². The third-order valence-electron chi connectivity index (χ3n) is 6.69. The minimum atomic E-state index is -0.643. The molecule has 14 heteroatoms. The molecule has 0 aliphatic heterocycles. The van der Waals surface area contributed by atoms with Gasteiger partial charge in [0.2, 0.25) is 23.4 Å². The Morgan fingerprint density at radius 3 is 1.43 bits per heavy atom. The Kier molecular flexibility index (Phi) is 12.3. The summed E-state index contributed by atoms with van der Waals surface area (Å²) < 4.78 is 0. The van der Waals surface area contributed by atoms with Crippen molar-refractivity contribution in [2.75, 3.05) is 60.8 Å². The average Bonchev–Trinajstić information content (AvgIpc) is 2.98. The summed E-state index contributed by atoms with van der Waals surface area (Å²) in [5.74, 6) is -1.19. The zero-order chi connectivity index (χ0) is 30.8. The highest BCUT2D eigenvalue weighted by atomic mass is 32.2. The number of aromatic hydroxyl groups is 2. The van der Waals surface area contributed by atoms with Gasteiger partial charge in [0.1, 0.15) is 11.5 Å². The van der Waals surface area contributed by atoms with Crippen molar-refractivity contribution in [2.45, 2.75) is 24.9 Å². The Bertz CT molecular complexity index is 1230. The topological polar surface area (TPSA) is 209 Å². The molecule has 0 fully saturated rings. The zero-order valence-electron chi connectivity index (χ0n) is 23.6. The first-order valence-corrected chi connectivity index (χ1v) is 16.2. The monoisotopic (exact) mass is 618 g/mol. The van der Waals surface area contributed by atoms with Crippen molar-refractivity contribution in [2.24, 2.45) is 11.5 Å². The smallest absolute Gasteiger partial charge is 0.237 e. The van der Waals surface area contributed by atoms with E-state index in [1.165, 1.54) is 0 Å². The van der Waals surface area contributed by atoms with E-state index in [-0.39, 0.29) is 60.2 Å². The number of hydrogen-bond donors (Lipinski definition) is 8. The summed E-state index contributed by atoms with van der Waals surface area (Å²) in [6.07, 6.45) is 4.96.